The summed E-state index contributed by atoms with van der Waals surface area (Å²) >= 11 is 0. The Morgan fingerprint density at radius 3 is 2.44 bits per heavy atom. The van der Waals surface area contributed by atoms with Gasteiger partial charge >= 0.3 is 0 Å². The van der Waals surface area contributed by atoms with Gasteiger partial charge in [0, 0.05) is 25.3 Å². The van der Waals surface area contributed by atoms with E-state index in [1.165, 1.54) is 11.9 Å². The molecule has 1 amide bonds. The Morgan fingerprint density at radius 2 is 1.84 bits per heavy atom. The fraction of sp³-hybridized carbons (Fsp3) is 0.450. The van der Waals surface area contributed by atoms with E-state index in [1.54, 1.807) is 18.0 Å². The Labute approximate surface area is 150 Å². The molecule has 2 aromatic rings. The fourth-order valence-corrected chi connectivity index (χ4v) is 2.44. The van der Waals surface area contributed by atoms with Crippen molar-refractivity contribution in [2.24, 2.45) is 0 Å². The molecule has 0 unspecified atom stereocenters. The summed E-state index contributed by atoms with van der Waals surface area (Å²) in [5.74, 6) is 0.535. The molecule has 1 N–H and O–H groups in total. The predicted molar refractivity (Wildman–Crippen MR) is 102 cm³/mol. The summed E-state index contributed by atoms with van der Waals surface area (Å²) in [6, 6.07) is 9.96. The molecule has 5 nitrogen and oxygen atoms in total. The standard InChI is InChI=1S/C20H28N4O/c1-6-7-12-24(5)19(25)17-13-18(22-14-21-17)23-16-10-8-15(9-11-16)20(2,3)4/h8-11,13-14H,6-7,12H2,1-5H3,(H,21,22,23). The van der Waals surface area contributed by atoms with Gasteiger partial charge in [-0.2, -0.15) is 0 Å². The van der Waals surface area contributed by atoms with Crippen molar-refractivity contribution < 1.29 is 4.79 Å². The molecule has 2 rings (SSSR count). The number of nitrogens with zero attached hydrogens (tertiary/aromatic N) is 3. The van der Waals surface area contributed by atoms with Crippen molar-refractivity contribution >= 4 is 17.4 Å². The topological polar surface area (TPSA) is 58.1 Å². The number of hydrogen-bond acceptors (Lipinski definition) is 4. The van der Waals surface area contributed by atoms with Gasteiger partial charge in [-0.3, -0.25) is 4.79 Å². The highest BCUT2D eigenvalue weighted by Crippen LogP contribution is 2.24. The number of hydrogen-bond donors (Lipinski definition) is 1. The van der Waals surface area contributed by atoms with Gasteiger partial charge in [-0.25, -0.2) is 9.97 Å². The molecule has 0 atom stereocenters. The van der Waals surface area contributed by atoms with Crippen LogP contribution in [0.25, 0.3) is 0 Å². The minimum atomic E-state index is -0.0815. The highest BCUT2D eigenvalue weighted by Gasteiger charge is 2.15. The van der Waals surface area contributed by atoms with Crippen LogP contribution in [-0.4, -0.2) is 34.4 Å². The van der Waals surface area contributed by atoms with E-state index in [2.05, 4.69) is 55.1 Å². The maximum Gasteiger partial charge on any atom is 0.272 e. The number of aromatic nitrogens is 2. The van der Waals surface area contributed by atoms with Crippen LogP contribution in [-0.2, 0) is 5.41 Å². The zero-order valence-corrected chi connectivity index (χ0v) is 15.8. The summed E-state index contributed by atoms with van der Waals surface area (Å²) < 4.78 is 0. The third-order valence-corrected chi connectivity index (χ3v) is 4.10. The smallest absolute Gasteiger partial charge is 0.272 e. The largest absolute Gasteiger partial charge is 0.340 e. The normalized spacial score (nSPS) is 11.2. The van der Waals surface area contributed by atoms with Crippen LogP contribution in [0.15, 0.2) is 36.7 Å². The van der Waals surface area contributed by atoms with Crippen molar-refractivity contribution in [3.8, 4) is 0 Å². The number of unbranched alkanes of at least 4 members (excludes halogenated alkanes) is 1. The zero-order chi connectivity index (χ0) is 18.4. The molecule has 0 fully saturated rings. The Morgan fingerprint density at radius 1 is 1.16 bits per heavy atom. The van der Waals surface area contributed by atoms with Gasteiger partial charge in [-0.05, 0) is 29.5 Å². The summed E-state index contributed by atoms with van der Waals surface area (Å²) in [6.45, 7) is 9.40. The molecule has 1 aromatic carbocycles. The lowest BCUT2D eigenvalue weighted by Crippen LogP contribution is -2.28. The molecule has 134 valence electrons. The van der Waals surface area contributed by atoms with E-state index in [0.717, 1.165) is 25.1 Å². The SMILES string of the molecule is CCCCN(C)C(=O)c1cc(Nc2ccc(C(C)(C)C)cc2)ncn1. The molecule has 25 heavy (non-hydrogen) atoms. The van der Waals surface area contributed by atoms with E-state index < -0.39 is 0 Å². The number of anilines is 2. The van der Waals surface area contributed by atoms with Gasteiger partial charge < -0.3 is 10.2 Å². The highest BCUT2D eigenvalue weighted by atomic mass is 16.2. The average molecular weight is 340 g/mol. The first-order chi connectivity index (χ1) is 11.8. The van der Waals surface area contributed by atoms with Crippen molar-refractivity contribution in [2.75, 3.05) is 18.9 Å². The number of carbonyl (C=O) groups excluding carboxylic acids is 1. The molecule has 0 radical (unpaired) electrons. The number of rotatable bonds is 6. The Kier molecular flexibility index (Phi) is 6.12. The highest BCUT2D eigenvalue weighted by molar-refractivity contribution is 5.92. The third-order valence-electron chi connectivity index (χ3n) is 4.10. The predicted octanol–water partition coefficient (Wildman–Crippen LogP) is 4.39. The maximum absolute atomic E-state index is 12.4. The quantitative estimate of drug-likeness (QED) is 0.847. The first kappa shape index (κ1) is 18.9. The second-order valence-corrected chi connectivity index (χ2v) is 7.32. The molecule has 0 bridgehead atoms. The van der Waals surface area contributed by atoms with Gasteiger partial charge in [-0.1, -0.05) is 46.2 Å². The second-order valence-electron chi connectivity index (χ2n) is 7.32. The molecule has 0 saturated heterocycles. The lowest BCUT2D eigenvalue weighted by atomic mass is 9.87. The van der Waals surface area contributed by atoms with Gasteiger partial charge in [0.25, 0.3) is 5.91 Å². The van der Waals surface area contributed by atoms with Gasteiger partial charge in [0.2, 0.25) is 0 Å². The first-order valence-corrected chi connectivity index (χ1v) is 8.76. The van der Waals surface area contributed by atoms with Crippen LogP contribution < -0.4 is 5.32 Å². The molecule has 0 aliphatic rings. The van der Waals surface area contributed by atoms with E-state index >= 15 is 0 Å². The van der Waals surface area contributed by atoms with Crippen molar-refractivity contribution in [1.82, 2.24) is 14.9 Å². The van der Waals surface area contributed by atoms with Crippen LogP contribution in [0.2, 0.25) is 0 Å². The van der Waals surface area contributed by atoms with Crippen LogP contribution in [0, 0.1) is 0 Å². The minimum absolute atomic E-state index is 0.0815. The number of benzene rings is 1. The van der Waals surface area contributed by atoms with Crippen molar-refractivity contribution in [3.05, 3.63) is 47.9 Å². The van der Waals surface area contributed by atoms with Crippen LogP contribution in [0.3, 0.4) is 0 Å². The molecule has 0 aliphatic carbocycles. The third kappa shape index (κ3) is 5.28. The lowest BCUT2D eigenvalue weighted by Gasteiger charge is -2.19. The monoisotopic (exact) mass is 340 g/mol. The molecule has 0 aliphatic heterocycles. The molecular weight excluding hydrogens is 312 g/mol. The molecule has 1 heterocycles. The number of nitrogens with one attached hydrogen (secondary N) is 1. The zero-order valence-electron chi connectivity index (χ0n) is 15.8. The van der Waals surface area contributed by atoms with E-state index in [4.69, 9.17) is 0 Å². The van der Waals surface area contributed by atoms with Gasteiger partial charge in [-0.15, -0.1) is 0 Å². The lowest BCUT2D eigenvalue weighted by molar-refractivity contribution is 0.0787. The van der Waals surface area contributed by atoms with Crippen molar-refractivity contribution in [2.45, 2.75) is 46.0 Å². The van der Waals surface area contributed by atoms with E-state index in [-0.39, 0.29) is 11.3 Å². The van der Waals surface area contributed by atoms with Crippen LogP contribution in [0.5, 0.6) is 0 Å². The Balaban J connectivity index is 2.10. The molecular formula is C20H28N4O. The molecule has 5 heteroatoms. The minimum Gasteiger partial charge on any atom is -0.340 e. The van der Waals surface area contributed by atoms with Gasteiger partial charge in [0.05, 0.1) is 0 Å². The summed E-state index contributed by atoms with van der Waals surface area (Å²) in [5, 5.41) is 3.24. The Hall–Kier alpha value is -2.43. The Bertz CT molecular complexity index is 704. The second kappa shape index (κ2) is 8.10. The van der Waals surface area contributed by atoms with Crippen LogP contribution in [0.1, 0.15) is 56.6 Å². The van der Waals surface area contributed by atoms with Crippen LogP contribution in [0.4, 0.5) is 11.5 Å². The molecule has 1 aromatic heterocycles. The summed E-state index contributed by atoms with van der Waals surface area (Å²) in [4.78, 5) is 22.5. The molecule has 0 spiro atoms. The molecule has 0 saturated carbocycles. The number of carbonyl (C=O) groups is 1. The summed E-state index contributed by atoms with van der Waals surface area (Å²) in [7, 11) is 1.80. The fourth-order valence-electron chi connectivity index (χ4n) is 2.44. The summed E-state index contributed by atoms with van der Waals surface area (Å²) in [6.07, 6.45) is 3.46. The maximum atomic E-state index is 12.4. The van der Waals surface area contributed by atoms with Crippen LogP contribution >= 0.6 is 0 Å². The van der Waals surface area contributed by atoms with Gasteiger partial charge in [0.1, 0.15) is 17.8 Å². The average Bonchev–Trinajstić information content (AvgIpc) is 2.59. The van der Waals surface area contributed by atoms with E-state index in [0.29, 0.717) is 11.5 Å². The first-order valence-electron chi connectivity index (χ1n) is 8.76. The van der Waals surface area contributed by atoms with Crippen molar-refractivity contribution in [3.63, 3.8) is 0 Å². The van der Waals surface area contributed by atoms with E-state index in [9.17, 15) is 4.79 Å². The summed E-state index contributed by atoms with van der Waals surface area (Å²) in [5.41, 5.74) is 2.73. The van der Waals surface area contributed by atoms with Gasteiger partial charge in [0.15, 0.2) is 0 Å². The van der Waals surface area contributed by atoms with E-state index in [1.807, 2.05) is 12.1 Å². The van der Waals surface area contributed by atoms with Crippen molar-refractivity contribution in [1.29, 1.82) is 0 Å². The number of amides is 1.